The van der Waals surface area contributed by atoms with E-state index in [0.717, 1.165) is 58.4 Å². The summed E-state index contributed by atoms with van der Waals surface area (Å²) in [5.74, 6) is 0.921. The van der Waals surface area contributed by atoms with Crippen LogP contribution in [0.25, 0.3) is 11.2 Å². The van der Waals surface area contributed by atoms with Crippen LogP contribution in [-0.2, 0) is 11.3 Å². The Morgan fingerprint density at radius 2 is 2.15 bits per heavy atom. The lowest BCUT2D eigenvalue weighted by atomic mass is 10.0. The summed E-state index contributed by atoms with van der Waals surface area (Å²) in [6.07, 6.45) is 5.00. The molecule has 0 atom stereocenters. The van der Waals surface area contributed by atoms with Crippen LogP contribution in [0.5, 0.6) is 6.01 Å². The number of imidazole rings is 1. The number of nitrogen functional groups attached to an aromatic ring is 1. The number of aryl methyl sites for hydroxylation is 1. The van der Waals surface area contributed by atoms with Gasteiger partial charge in [0.25, 0.3) is 0 Å². The third-order valence-electron chi connectivity index (χ3n) is 4.87. The number of hydrogen-bond acceptors (Lipinski definition) is 7. The van der Waals surface area contributed by atoms with Gasteiger partial charge in [-0.3, -0.25) is 4.57 Å². The molecule has 1 aliphatic heterocycles. The van der Waals surface area contributed by atoms with E-state index in [1.165, 1.54) is 0 Å². The number of aromatic nitrogens is 4. The maximum atomic E-state index is 12.3. The van der Waals surface area contributed by atoms with E-state index in [4.69, 9.17) is 15.2 Å². The third-order valence-corrected chi connectivity index (χ3v) is 4.87. The van der Waals surface area contributed by atoms with E-state index >= 15 is 0 Å². The van der Waals surface area contributed by atoms with Crippen LogP contribution in [0.3, 0.4) is 0 Å². The Morgan fingerprint density at radius 3 is 2.93 bits per heavy atom. The minimum Gasteiger partial charge on any atom is -0.463 e. The Kier molecular flexibility index (Phi) is 7.05. The number of fused-ring (bicyclic) bond motifs is 1. The van der Waals surface area contributed by atoms with Crippen LogP contribution >= 0.6 is 0 Å². The van der Waals surface area contributed by atoms with Gasteiger partial charge >= 0.3 is 11.7 Å². The number of hydrogen-bond donors (Lipinski definition) is 3. The van der Waals surface area contributed by atoms with Crippen molar-refractivity contribution in [2.45, 2.75) is 45.6 Å². The molecule has 0 unspecified atom stereocenters. The van der Waals surface area contributed by atoms with E-state index in [0.29, 0.717) is 30.2 Å². The first-order valence-electron chi connectivity index (χ1n) is 9.86. The van der Waals surface area contributed by atoms with Crippen LogP contribution in [0.15, 0.2) is 4.79 Å². The van der Waals surface area contributed by atoms with Crippen LogP contribution in [0, 0.1) is 5.92 Å². The van der Waals surface area contributed by atoms with E-state index < -0.39 is 0 Å². The standard InChI is InChI=1S/C18H30N6O3/c1-2-3-9-27-17-22-15(19)14-16(23-17)24(18(25)21-14)8-4-7-20-12-13-5-10-26-11-6-13/h13,20H,2-12H2,1H3,(H,21,25)(H2,19,22,23). The molecular weight excluding hydrogens is 348 g/mol. The summed E-state index contributed by atoms with van der Waals surface area (Å²) in [7, 11) is 0. The molecule has 1 fully saturated rings. The second-order valence-corrected chi connectivity index (χ2v) is 6.99. The average Bonchev–Trinajstić information content (AvgIpc) is 2.99. The van der Waals surface area contributed by atoms with Crippen LogP contribution in [0.2, 0.25) is 0 Å². The lowest BCUT2D eigenvalue weighted by Gasteiger charge is -2.22. The largest absolute Gasteiger partial charge is 0.463 e. The average molecular weight is 378 g/mol. The molecule has 1 saturated heterocycles. The fraction of sp³-hybridized carbons (Fsp3) is 0.722. The van der Waals surface area contributed by atoms with Crippen molar-refractivity contribution in [1.29, 1.82) is 0 Å². The molecule has 150 valence electrons. The van der Waals surface area contributed by atoms with Crippen molar-refractivity contribution in [3.63, 3.8) is 0 Å². The first-order chi connectivity index (χ1) is 13.2. The number of nitrogens with one attached hydrogen (secondary N) is 2. The molecule has 27 heavy (non-hydrogen) atoms. The molecule has 0 aromatic carbocycles. The smallest absolute Gasteiger partial charge is 0.327 e. The summed E-state index contributed by atoms with van der Waals surface area (Å²) >= 11 is 0. The predicted molar refractivity (Wildman–Crippen MR) is 104 cm³/mol. The quantitative estimate of drug-likeness (QED) is 0.533. The molecule has 0 amide bonds. The van der Waals surface area contributed by atoms with Crippen molar-refractivity contribution in [2.75, 3.05) is 38.6 Å². The number of rotatable bonds is 10. The van der Waals surface area contributed by atoms with E-state index in [-0.39, 0.29) is 17.5 Å². The number of ether oxygens (including phenoxy) is 2. The topological polar surface area (TPSA) is 120 Å². The highest BCUT2D eigenvalue weighted by Crippen LogP contribution is 2.18. The second-order valence-electron chi connectivity index (χ2n) is 6.99. The van der Waals surface area contributed by atoms with E-state index in [2.05, 4.69) is 27.2 Å². The fourth-order valence-electron chi connectivity index (χ4n) is 3.23. The van der Waals surface area contributed by atoms with Crippen LogP contribution in [0.4, 0.5) is 5.82 Å². The van der Waals surface area contributed by atoms with Crippen LogP contribution in [-0.4, -0.2) is 52.4 Å². The fourth-order valence-corrected chi connectivity index (χ4v) is 3.23. The molecule has 3 rings (SSSR count). The number of anilines is 1. The van der Waals surface area contributed by atoms with Crippen molar-refractivity contribution in [2.24, 2.45) is 5.92 Å². The summed E-state index contributed by atoms with van der Waals surface area (Å²) in [4.78, 5) is 23.5. The minimum atomic E-state index is -0.221. The van der Waals surface area contributed by atoms with Crippen molar-refractivity contribution in [3.8, 4) is 6.01 Å². The zero-order valence-corrected chi connectivity index (χ0v) is 16.0. The van der Waals surface area contributed by atoms with Crippen molar-refractivity contribution in [3.05, 3.63) is 10.5 Å². The molecular formula is C18H30N6O3. The van der Waals surface area contributed by atoms with Crippen molar-refractivity contribution >= 4 is 17.0 Å². The zero-order chi connectivity index (χ0) is 19.1. The Bertz CT molecular complexity index is 781. The predicted octanol–water partition coefficient (Wildman–Crippen LogP) is 1.29. The monoisotopic (exact) mass is 378 g/mol. The summed E-state index contributed by atoms with van der Waals surface area (Å²) < 4.78 is 12.5. The van der Waals surface area contributed by atoms with Gasteiger partial charge in [-0.05, 0) is 44.7 Å². The van der Waals surface area contributed by atoms with Crippen molar-refractivity contribution < 1.29 is 9.47 Å². The molecule has 1 aliphatic rings. The Morgan fingerprint density at radius 1 is 1.33 bits per heavy atom. The van der Waals surface area contributed by atoms with Gasteiger partial charge in [0.2, 0.25) is 0 Å². The molecule has 2 aromatic heterocycles. The zero-order valence-electron chi connectivity index (χ0n) is 16.0. The Labute approximate surface area is 158 Å². The lowest BCUT2D eigenvalue weighted by Crippen LogP contribution is -2.29. The summed E-state index contributed by atoms with van der Waals surface area (Å²) in [6.45, 7) is 6.74. The molecule has 0 saturated carbocycles. The van der Waals surface area contributed by atoms with Gasteiger partial charge in [-0.25, -0.2) is 4.79 Å². The van der Waals surface area contributed by atoms with Crippen LogP contribution in [0.1, 0.15) is 39.0 Å². The van der Waals surface area contributed by atoms with Gasteiger partial charge in [-0.15, -0.1) is 0 Å². The molecule has 3 heterocycles. The molecule has 4 N–H and O–H groups in total. The number of H-pyrrole nitrogens is 1. The van der Waals surface area contributed by atoms with E-state index in [9.17, 15) is 4.79 Å². The number of nitrogens with two attached hydrogens (primary N) is 1. The maximum Gasteiger partial charge on any atom is 0.327 e. The maximum absolute atomic E-state index is 12.3. The highest BCUT2D eigenvalue weighted by atomic mass is 16.5. The van der Waals surface area contributed by atoms with Crippen LogP contribution < -0.4 is 21.5 Å². The Hall–Kier alpha value is -2.13. The molecule has 0 radical (unpaired) electrons. The normalized spacial score (nSPS) is 15.4. The van der Waals surface area contributed by atoms with Gasteiger partial charge in [0.05, 0.1) is 6.61 Å². The molecule has 0 spiro atoms. The van der Waals surface area contributed by atoms with Gasteiger partial charge in [0, 0.05) is 19.8 Å². The highest BCUT2D eigenvalue weighted by molar-refractivity contribution is 5.81. The van der Waals surface area contributed by atoms with E-state index in [1.54, 1.807) is 4.57 Å². The van der Waals surface area contributed by atoms with Gasteiger partial charge in [-0.1, -0.05) is 13.3 Å². The van der Waals surface area contributed by atoms with Crippen molar-refractivity contribution in [1.82, 2.24) is 24.8 Å². The van der Waals surface area contributed by atoms with Gasteiger partial charge < -0.3 is 25.5 Å². The first-order valence-corrected chi connectivity index (χ1v) is 9.86. The van der Waals surface area contributed by atoms with Gasteiger partial charge in [0.1, 0.15) is 5.52 Å². The Balaban J connectivity index is 1.57. The molecule has 0 aliphatic carbocycles. The van der Waals surface area contributed by atoms with Gasteiger partial charge in [-0.2, -0.15) is 9.97 Å². The third kappa shape index (κ3) is 5.20. The van der Waals surface area contributed by atoms with Gasteiger partial charge in [0.15, 0.2) is 11.5 Å². The number of nitrogens with zero attached hydrogens (tertiary/aromatic N) is 3. The van der Waals surface area contributed by atoms with E-state index in [1.807, 2.05) is 0 Å². The minimum absolute atomic E-state index is 0.221. The highest BCUT2D eigenvalue weighted by Gasteiger charge is 2.15. The SMILES string of the molecule is CCCCOc1nc(N)c2[nH]c(=O)n(CCCNCC3CCOCC3)c2n1. The number of aromatic amines is 1. The first kappa shape index (κ1) is 19.6. The summed E-state index contributed by atoms with van der Waals surface area (Å²) in [5.41, 5.74) is 6.72. The molecule has 9 nitrogen and oxygen atoms in total. The summed E-state index contributed by atoms with van der Waals surface area (Å²) in [6, 6.07) is 0.221. The second kappa shape index (κ2) is 9.70. The lowest BCUT2D eigenvalue weighted by molar-refractivity contribution is 0.0663. The molecule has 0 bridgehead atoms. The number of unbranched alkanes of at least 4 members (excludes halogenated alkanes) is 1. The summed E-state index contributed by atoms with van der Waals surface area (Å²) in [5, 5.41) is 3.48. The molecule has 2 aromatic rings. The molecule has 9 heteroatoms.